The molecule has 2 heterocycles. The second-order valence-corrected chi connectivity index (χ2v) is 4.26. The molecule has 5 heteroatoms. The molecule has 0 unspecified atom stereocenters. The molecule has 0 radical (unpaired) electrons. The molecule has 3 aromatic rings. The van der Waals surface area contributed by atoms with Crippen LogP contribution in [-0.4, -0.2) is 31.5 Å². The van der Waals surface area contributed by atoms with Gasteiger partial charge in [-0.15, -0.1) is 0 Å². The first kappa shape index (κ1) is 14.3. The highest BCUT2D eigenvalue weighted by molar-refractivity contribution is 5.83. The van der Waals surface area contributed by atoms with Crippen molar-refractivity contribution in [2.45, 2.75) is 26.8 Å². The first-order valence-corrected chi connectivity index (χ1v) is 6.89. The number of nitrogens with one attached hydrogen (secondary N) is 1. The van der Waals surface area contributed by atoms with Crippen molar-refractivity contribution < 1.29 is 5.11 Å². The lowest BCUT2D eigenvalue weighted by molar-refractivity contribution is 0.300. The van der Waals surface area contributed by atoms with Crippen molar-refractivity contribution in [3.8, 4) is 0 Å². The van der Waals surface area contributed by atoms with Crippen molar-refractivity contribution in [1.29, 1.82) is 0 Å². The lowest BCUT2D eigenvalue weighted by Crippen LogP contribution is -1.99. The van der Waals surface area contributed by atoms with Gasteiger partial charge in [-0.3, -0.25) is 0 Å². The molecule has 0 spiro atoms. The van der Waals surface area contributed by atoms with Gasteiger partial charge in [-0.1, -0.05) is 19.9 Å². The summed E-state index contributed by atoms with van der Waals surface area (Å²) in [5.74, 6) is 0. The SMILES string of the molecule is CC.OCCc1c[nH]c2ccc(Cn3cncn3)cc12. The van der Waals surface area contributed by atoms with Crippen LogP contribution in [0.15, 0.2) is 37.1 Å². The van der Waals surface area contributed by atoms with Crippen molar-refractivity contribution in [3.05, 3.63) is 48.2 Å². The summed E-state index contributed by atoms with van der Waals surface area (Å²) in [7, 11) is 0. The molecule has 2 N–H and O–H groups in total. The predicted octanol–water partition coefficient (Wildman–Crippen LogP) is 2.37. The predicted molar refractivity (Wildman–Crippen MR) is 79.6 cm³/mol. The molecule has 0 aliphatic rings. The van der Waals surface area contributed by atoms with Crippen LogP contribution in [0.1, 0.15) is 25.0 Å². The van der Waals surface area contributed by atoms with E-state index in [1.807, 2.05) is 20.0 Å². The van der Waals surface area contributed by atoms with Crippen LogP contribution in [0.4, 0.5) is 0 Å². The minimum absolute atomic E-state index is 0.167. The van der Waals surface area contributed by atoms with Crippen LogP contribution in [0.3, 0.4) is 0 Å². The summed E-state index contributed by atoms with van der Waals surface area (Å²) in [5, 5.41) is 14.3. The molecule has 3 rings (SSSR count). The van der Waals surface area contributed by atoms with Gasteiger partial charge >= 0.3 is 0 Å². The number of hydrogen-bond donors (Lipinski definition) is 2. The van der Waals surface area contributed by atoms with Gasteiger partial charge in [-0.05, 0) is 29.7 Å². The zero-order chi connectivity index (χ0) is 14.4. The van der Waals surface area contributed by atoms with Crippen molar-refractivity contribution in [2.75, 3.05) is 6.61 Å². The fraction of sp³-hybridized carbons (Fsp3) is 0.333. The first-order chi connectivity index (χ1) is 9.86. The van der Waals surface area contributed by atoms with E-state index in [1.54, 1.807) is 11.0 Å². The third kappa shape index (κ3) is 3.05. The summed E-state index contributed by atoms with van der Waals surface area (Å²) in [6, 6.07) is 6.27. The number of aromatic nitrogens is 4. The van der Waals surface area contributed by atoms with Gasteiger partial charge in [-0.2, -0.15) is 5.10 Å². The van der Waals surface area contributed by atoms with E-state index in [4.69, 9.17) is 5.11 Å². The molecule has 0 bridgehead atoms. The molecule has 0 fully saturated rings. The smallest absolute Gasteiger partial charge is 0.137 e. The maximum absolute atomic E-state index is 9.04. The van der Waals surface area contributed by atoms with Gasteiger partial charge < -0.3 is 10.1 Å². The summed E-state index contributed by atoms with van der Waals surface area (Å²) in [6.07, 6.45) is 5.87. The molecular weight excluding hydrogens is 252 g/mol. The maximum atomic E-state index is 9.04. The molecule has 5 nitrogen and oxygen atoms in total. The van der Waals surface area contributed by atoms with Gasteiger partial charge in [-0.25, -0.2) is 9.67 Å². The Labute approximate surface area is 118 Å². The molecule has 2 aromatic heterocycles. The third-order valence-corrected chi connectivity index (χ3v) is 3.02. The first-order valence-electron chi connectivity index (χ1n) is 6.89. The standard InChI is InChI=1S/C13H14N4O.C2H6/c18-4-3-11-6-15-13-2-1-10(5-12(11)13)7-17-9-14-8-16-17;1-2/h1-2,5-6,8-9,15,18H,3-4,7H2;1-2H3. The van der Waals surface area contributed by atoms with Crippen molar-refractivity contribution >= 4 is 10.9 Å². The van der Waals surface area contributed by atoms with Gasteiger partial charge in [0.15, 0.2) is 0 Å². The number of H-pyrrole nitrogens is 1. The summed E-state index contributed by atoms with van der Waals surface area (Å²) in [6.45, 7) is 4.87. The normalized spacial score (nSPS) is 10.3. The molecule has 0 aliphatic heterocycles. The van der Waals surface area contributed by atoms with Crippen LogP contribution in [0.25, 0.3) is 10.9 Å². The third-order valence-electron chi connectivity index (χ3n) is 3.02. The van der Waals surface area contributed by atoms with E-state index in [0.717, 1.165) is 11.1 Å². The average Bonchev–Trinajstić information content (AvgIpc) is 3.12. The highest BCUT2D eigenvalue weighted by Crippen LogP contribution is 2.20. The van der Waals surface area contributed by atoms with Crippen molar-refractivity contribution in [1.82, 2.24) is 19.7 Å². The number of benzene rings is 1. The van der Waals surface area contributed by atoms with Crippen molar-refractivity contribution in [2.24, 2.45) is 0 Å². The molecule has 20 heavy (non-hydrogen) atoms. The quantitative estimate of drug-likeness (QED) is 0.766. The van der Waals surface area contributed by atoms with Gasteiger partial charge in [0.1, 0.15) is 12.7 Å². The van der Waals surface area contributed by atoms with E-state index in [2.05, 4.69) is 33.3 Å². The van der Waals surface area contributed by atoms with Gasteiger partial charge in [0.05, 0.1) is 6.54 Å². The van der Waals surface area contributed by atoms with E-state index in [0.29, 0.717) is 13.0 Å². The van der Waals surface area contributed by atoms with Crippen LogP contribution >= 0.6 is 0 Å². The maximum Gasteiger partial charge on any atom is 0.137 e. The molecule has 1 aromatic carbocycles. The summed E-state index contributed by atoms with van der Waals surface area (Å²) >= 11 is 0. The number of aromatic amines is 1. The van der Waals surface area contributed by atoms with E-state index >= 15 is 0 Å². The molecule has 0 aliphatic carbocycles. The second-order valence-electron chi connectivity index (χ2n) is 4.26. The fourth-order valence-electron chi connectivity index (χ4n) is 2.15. The lowest BCUT2D eigenvalue weighted by atomic mass is 10.1. The Bertz CT molecular complexity index is 643. The Balaban J connectivity index is 0.000000704. The Morgan fingerprint density at radius 2 is 2.15 bits per heavy atom. The minimum Gasteiger partial charge on any atom is -0.396 e. The summed E-state index contributed by atoms with van der Waals surface area (Å²) in [4.78, 5) is 7.14. The average molecular weight is 272 g/mol. The number of rotatable bonds is 4. The largest absolute Gasteiger partial charge is 0.396 e. The monoisotopic (exact) mass is 272 g/mol. The second kappa shape index (κ2) is 6.86. The topological polar surface area (TPSA) is 66.7 Å². The number of aliphatic hydroxyl groups excluding tert-OH is 1. The number of hydrogen-bond acceptors (Lipinski definition) is 3. The van der Waals surface area contributed by atoms with Crippen molar-refractivity contribution in [3.63, 3.8) is 0 Å². The van der Waals surface area contributed by atoms with Crippen LogP contribution in [0.2, 0.25) is 0 Å². The zero-order valence-electron chi connectivity index (χ0n) is 11.9. The van der Waals surface area contributed by atoms with Gasteiger partial charge in [0.25, 0.3) is 0 Å². The highest BCUT2D eigenvalue weighted by Gasteiger charge is 2.04. The molecule has 0 saturated heterocycles. The summed E-state index contributed by atoms with van der Waals surface area (Å²) in [5.41, 5.74) is 3.42. The van der Waals surface area contributed by atoms with Crippen LogP contribution in [0, 0.1) is 0 Å². The van der Waals surface area contributed by atoms with Gasteiger partial charge in [0, 0.05) is 23.7 Å². The fourth-order valence-corrected chi connectivity index (χ4v) is 2.15. The van der Waals surface area contributed by atoms with Crippen LogP contribution in [-0.2, 0) is 13.0 Å². The number of fused-ring (bicyclic) bond motifs is 1. The van der Waals surface area contributed by atoms with E-state index < -0.39 is 0 Å². The van der Waals surface area contributed by atoms with Crippen LogP contribution < -0.4 is 0 Å². The molecule has 0 saturated carbocycles. The number of aliphatic hydroxyl groups is 1. The molecule has 106 valence electrons. The van der Waals surface area contributed by atoms with E-state index in [-0.39, 0.29) is 6.61 Å². The number of nitrogens with zero attached hydrogens (tertiary/aromatic N) is 3. The molecule has 0 amide bonds. The Morgan fingerprint density at radius 3 is 2.85 bits per heavy atom. The highest BCUT2D eigenvalue weighted by atomic mass is 16.2. The lowest BCUT2D eigenvalue weighted by Gasteiger charge is -2.02. The van der Waals surface area contributed by atoms with E-state index in [9.17, 15) is 0 Å². The Morgan fingerprint density at radius 1 is 1.30 bits per heavy atom. The summed E-state index contributed by atoms with van der Waals surface area (Å²) < 4.78 is 1.79. The Hall–Kier alpha value is -2.14. The minimum atomic E-state index is 0.167. The Kier molecular flexibility index (Phi) is 4.90. The van der Waals surface area contributed by atoms with E-state index in [1.165, 1.54) is 17.3 Å². The molecular formula is C15H20N4O. The van der Waals surface area contributed by atoms with Gasteiger partial charge in [0.2, 0.25) is 0 Å². The molecule has 0 atom stereocenters. The van der Waals surface area contributed by atoms with Crippen LogP contribution in [0.5, 0.6) is 0 Å². The zero-order valence-corrected chi connectivity index (χ0v) is 11.9.